The smallest absolute Gasteiger partial charge is 0.255 e. The predicted octanol–water partition coefficient (Wildman–Crippen LogP) is 3.64. The molecule has 1 aromatic heterocycles. The van der Waals surface area contributed by atoms with Gasteiger partial charge in [-0.15, -0.1) is 0 Å². The maximum Gasteiger partial charge on any atom is 0.255 e. The van der Waals surface area contributed by atoms with Gasteiger partial charge in [0.25, 0.3) is 5.91 Å². The topological polar surface area (TPSA) is 57.8 Å². The molecule has 3 aromatic rings. The normalized spacial score (nSPS) is 10.3. The zero-order chi connectivity index (χ0) is 14.7. The van der Waals surface area contributed by atoms with Gasteiger partial charge in [-0.25, -0.2) is 0 Å². The highest BCUT2D eigenvalue weighted by Gasteiger charge is 2.06. The molecule has 0 aliphatic carbocycles. The minimum atomic E-state index is -0.107. The molecule has 3 rings (SSSR count). The van der Waals surface area contributed by atoms with Crippen LogP contribution in [-0.4, -0.2) is 16.1 Å². The van der Waals surface area contributed by atoms with Crippen LogP contribution in [0.4, 0.5) is 5.69 Å². The van der Waals surface area contributed by atoms with E-state index in [1.54, 1.807) is 6.20 Å². The quantitative estimate of drug-likeness (QED) is 0.768. The number of carbonyl (C=O) groups is 1. The van der Waals surface area contributed by atoms with Crippen LogP contribution in [0.1, 0.15) is 15.9 Å². The van der Waals surface area contributed by atoms with Crippen molar-refractivity contribution in [1.29, 1.82) is 0 Å². The summed E-state index contributed by atoms with van der Waals surface area (Å²) in [5, 5.41) is 9.71. The van der Waals surface area contributed by atoms with Gasteiger partial charge in [0.2, 0.25) is 0 Å². The summed E-state index contributed by atoms with van der Waals surface area (Å²) in [6.07, 6.45) is 1.71. The summed E-state index contributed by atoms with van der Waals surface area (Å²) in [4.78, 5) is 12.1. The van der Waals surface area contributed by atoms with Crippen molar-refractivity contribution >= 4 is 11.6 Å². The van der Waals surface area contributed by atoms with Crippen LogP contribution in [0.25, 0.3) is 11.3 Å². The molecule has 0 fully saturated rings. The average Bonchev–Trinajstić information content (AvgIpc) is 3.03. The van der Waals surface area contributed by atoms with E-state index in [1.807, 2.05) is 61.5 Å². The summed E-state index contributed by atoms with van der Waals surface area (Å²) in [6, 6.07) is 17.0. The van der Waals surface area contributed by atoms with Gasteiger partial charge in [-0.1, -0.05) is 29.8 Å². The van der Waals surface area contributed by atoms with E-state index in [0.717, 1.165) is 22.5 Å². The third kappa shape index (κ3) is 3.00. The molecular weight excluding hydrogens is 262 g/mol. The van der Waals surface area contributed by atoms with E-state index in [4.69, 9.17) is 0 Å². The third-order valence-corrected chi connectivity index (χ3v) is 3.27. The van der Waals surface area contributed by atoms with Crippen molar-refractivity contribution in [3.05, 3.63) is 71.9 Å². The summed E-state index contributed by atoms with van der Waals surface area (Å²) in [5.74, 6) is -0.107. The van der Waals surface area contributed by atoms with Crippen LogP contribution in [0, 0.1) is 6.92 Å². The lowest BCUT2D eigenvalue weighted by atomic mass is 10.1. The highest BCUT2D eigenvalue weighted by molar-refractivity contribution is 6.04. The summed E-state index contributed by atoms with van der Waals surface area (Å²) in [5.41, 5.74) is 4.53. The van der Waals surface area contributed by atoms with E-state index in [0.29, 0.717) is 5.56 Å². The Morgan fingerprint density at radius 3 is 2.33 bits per heavy atom. The Morgan fingerprint density at radius 2 is 1.71 bits per heavy atom. The number of anilines is 1. The fourth-order valence-corrected chi connectivity index (χ4v) is 2.06. The first-order chi connectivity index (χ1) is 10.2. The summed E-state index contributed by atoms with van der Waals surface area (Å²) in [7, 11) is 0. The second kappa shape index (κ2) is 5.63. The SMILES string of the molecule is Cc1ccc(C(=O)Nc2ccc(-c3ccn[nH]3)cc2)cc1. The van der Waals surface area contributed by atoms with Crippen LogP contribution < -0.4 is 5.32 Å². The van der Waals surface area contributed by atoms with E-state index >= 15 is 0 Å². The number of benzene rings is 2. The zero-order valence-electron chi connectivity index (χ0n) is 11.6. The first-order valence-electron chi connectivity index (χ1n) is 6.70. The Kier molecular flexibility index (Phi) is 3.51. The van der Waals surface area contributed by atoms with Gasteiger partial charge in [-0.05, 0) is 42.8 Å². The number of nitrogens with one attached hydrogen (secondary N) is 2. The number of aryl methyl sites for hydroxylation is 1. The molecule has 0 atom stereocenters. The van der Waals surface area contributed by atoms with Crippen molar-refractivity contribution in [3.8, 4) is 11.3 Å². The average molecular weight is 277 g/mol. The zero-order valence-corrected chi connectivity index (χ0v) is 11.6. The van der Waals surface area contributed by atoms with Gasteiger partial charge in [-0.2, -0.15) is 5.10 Å². The molecule has 0 aliphatic heterocycles. The number of H-pyrrole nitrogens is 1. The summed E-state index contributed by atoms with van der Waals surface area (Å²) >= 11 is 0. The molecule has 1 heterocycles. The number of amides is 1. The lowest BCUT2D eigenvalue weighted by Crippen LogP contribution is -2.11. The fourth-order valence-electron chi connectivity index (χ4n) is 2.06. The van der Waals surface area contributed by atoms with Gasteiger partial charge in [-0.3, -0.25) is 9.89 Å². The third-order valence-electron chi connectivity index (χ3n) is 3.27. The molecule has 2 aromatic carbocycles. The molecule has 4 nitrogen and oxygen atoms in total. The van der Waals surface area contributed by atoms with Crippen molar-refractivity contribution in [2.45, 2.75) is 6.92 Å². The molecule has 0 saturated carbocycles. The predicted molar refractivity (Wildman–Crippen MR) is 83.2 cm³/mol. The molecule has 0 saturated heterocycles. The van der Waals surface area contributed by atoms with Gasteiger partial charge in [0.05, 0.1) is 5.69 Å². The molecule has 0 spiro atoms. The number of nitrogens with zero attached hydrogens (tertiary/aromatic N) is 1. The number of aromatic nitrogens is 2. The van der Waals surface area contributed by atoms with Gasteiger partial charge in [0.15, 0.2) is 0 Å². The monoisotopic (exact) mass is 277 g/mol. The number of rotatable bonds is 3. The second-order valence-corrected chi connectivity index (χ2v) is 4.87. The number of carbonyl (C=O) groups excluding carboxylic acids is 1. The highest BCUT2D eigenvalue weighted by Crippen LogP contribution is 2.19. The first-order valence-corrected chi connectivity index (χ1v) is 6.70. The van der Waals surface area contributed by atoms with E-state index in [-0.39, 0.29) is 5.91 Å². The van der Waals surface area contributed by atoms with Gasteiger partial charge in [0, 0.05) is 17.4 Å². The standard InChI is InChI=1S/C17H15N3O/c1-12-2-4-14(5-3-12)17(21)19-15-8-6-13(7-9-15)16-10-11-18-20-16/h2-11H,1H3,(H,18,20)(H,19,21). The fraction of sp³-hybridized carbons (Fsp3) is 0.0588. The van der Waals surface area contributed by atoms with Crippen LogP contribution in [0.15, 0.2) is 60.8 Å². The minimum absolute atomic E-state index is 0.107. The van der Waals surface area contributed by atoms with E-state index < -0.39 is 0 Å². The minimum Gasteiger partial charge on any atom is -0.322 e. The lowest BCUT2D eigenvalue weighted by Gasteiger charge is -2.06. The Bertz CT molecular complexity index is 729. The molecule has 0 radical (unpaired) electrons. The Morgan fingerprint density at radius 1 is 1.00 bits per heavy atom. The highest BCUT2D eigenvalue weighted by atomic mass is 16.1. The van der Waals surface area contributed by atoms with Crippen molar-refractivity contribution < 1.29 is 4.79 Å². The molecule has 0 unspecified atom stereocenters. The number of aromatic amines is 1. The van der Waals surface area contributed by atoms with Crippen LogP contribution in [-0.2, 0) is 0 Å². The van der Waals surface area contributed by atoms with Crippen molar-refractivity contribution in [3.63, 3.8) is 0 Å². The Balaban J connectivity index is 1.73. The van der Waals surface area contributed by atoms with Crippen LogP contribution in [0.2, 0.25) is 0 Å². The second-order valence-electron chi connectivity index (χ2n) is 4.87. The van der Waals surface area contributed by atoms with Gasteiger partial charge < -0.3 is 5.32 Å². The van der Waals surface area contributed by atoms with Gasteiger partial charge in [0.1, 0.15) is 0 Å². The van der Waals surface area contributed by atoms with Crippen LogP contribution in [0.3, 0.4) is 0 Å². The van der Waals surface area contributed by atoms with Crippen molar-refractivity contribution in [1.82, 2.24) is 10.2 Å². The molecule has 1 amide bonds. The molecule has 104 valence electrons. The van der Waals surface area contributed by atoms with Crippen LogP contribution in [0.5, 0.6) is 0 Å². The van der Waals surface area contributed by atoms with Crippen molar-refractivity contribution in [2.75, 3.05) is 5.32 Å². The molecule has 4 heteroatoms. The Hall–Kier alpha value is -2.88. The summed E-state index contributed by atoms with van der Waals surface area (Å²) in [6.45, 7) is 2.00. The molecule has 0 aliphatic rings. The number of hydrogen-bond acceptors (Lipinski definition) is 2. The van der Waals surface area contributed by atoms with E-state index in [1.165, 1.54) is 0 Å². The summed E-state index contributed by atoms with van der Waals surface area (Å²) < 4.78 is 0. The van der Waals surface area contributed by atoms with Crippen LogP contribution >= 0.6 is 0 Å². The van der Waals surface area contributed by atoms with E-state index in [9.17, 15) is 4.79 Å². The largest absolute Gasteiger partial charge is 0.322 e. The lowest BCUT2D eigenvalue weighted by molar-refractivity contribution is 0.102. The molecule has 21 heavy (non-hydrogen) atoms. The molecule has 2 N–H and O–H groups in total. The van der Waals surface area contributed by atoms with Crippen molar-refractivity contribution in [2.24, 2.45) is 0 Å². The molecule has 0 bridgehead atoms. The van der Waals surface area contributed by atoms with Gasteiger partial charge >= 0.3 is 0 Å². The molecular formula is C17H15N3O. The Labute approximate surface area is 122 Å². The number of hydrogen-bond donors (Lipinski definition) is 2. The maximum atomic E-state index is 12.1. The first kappa shape index (κ1) is 13.1. The maximum absolute atomic E-state index is 12.1. The van der Waals surface area contributed by atoms with E-state index in [2.05, 4.69) is 15.5 Å².